The third-order valence-electron chi connectivity index (χ3n) is 3.16. The van der Waals surface area contributed by atoms with Gasteiger partial charge in [0.2, 0.25) is 0 Å². The number of ether oxygens (including phenoxy) is 1. The van der Waals surface area contributed by atoms with E-state index >= 15 is 0 Å². The Morgan fingerprint density at radius 1 is 1.43 bits per heavy atom. The molecule has 2 N–H and O–H groups in total. The molecule has 0 bridgehead atoms. The number of anilines is 1. The van der Waals surface area contributed by atoms with Crippen LogP contribution in [0.1, 0.15) is 28.8 Å². The van der Waals surface area contributed by atoms with Gasteiger partial charge in [-0.1, -0.05) is 13.0 Å². The molecule has 21 heavy (non-hydrogen) atoms. The minimum absolute atomic E-state index is 0.151. The van der Waals surface area contributed by atoms with E-state index in [2.05, 4.69) is 9.72 Å². The van der Waals surface area contributed by atoms with Crippen LogP contribution in [0, 0.1) is 18.6 Å². The van der Waals surface area contributed by atoms with Gasteiger partial charge >= 0.3 is 5.97 Å². The van der Waals surface area contributed by atoms with E-state index in [1.165, 1.54) is 20.1 Å². The number of nitrogen functional groups attached to an aromatic ring is 1. The summed E-state index contributed by atoms with van der Waals surface area (Å²) in [6.07, 6.45) is 0.341. The van der Waals surface area contributed by atoms with Crippen molar-refractivity contribution in [1.29, 1.82) is 0 Å². The second kappa shape index (κ2) is 5.51. The van der Waals surface area contributed by atoms with Crippen molar-refractivity contribution >= 4 is 11.8 Å². The molecule has 0 spiro atoms. The minimum atomic E-state index is -0.784. The zero-order valence-corrected chi connectivity index (χ0v) is 11.9. The smallest absolute Gasteiger partial charge is 0.360 e. The van der Waals surface area contributed by atoms with Gasteiger partial charge in [0.1, 0.15) is 23.1 Å². The molecule has 0 aliphatic carbocycles. The lowest BCUT2D eigenvalue weighted by atomic mass is 10.2. The molecule has 0 fully saturated rings. The van der Waals surface area contributed by atoms with Gasteiger partial charge in [0.25, 0.3) is 0 Å². The van der Waals surface area contributed by atoms with Crippen molar-refractivity contribution in [2.24, 2.45) is 0 Å². The van der Waals surface area contributed by atoms with Gasteiger partial charge in [-0.3, -0.25) is 4.57 Å². The summed E-state index contributed by atoms with van der Waals surface area (Å²) in [5.41, 5.74) is 5.61. The predicted octanol–water partition coefficient (Wildman–Crippen LogP) is 2.39. The molecule has 5 nitrogen and oxygen atoms in total. The van der Waals surface area contributed by atoms with Crippen LogP contribution >= 0.6 is 0 Å². The topological polar surface area (TPSA) is 70.1 Å². The standard InChI is InChI=1S/C14H15F2N3O2/c1-4-9-18-11(14(20)21-3)13(17)19(9)12-8(15)6-5-7(2)10(12)16/h5-6H,4,17H2,1-3H3. The quantitative estimate of drug-likeness (QED) is 0.883. The summed E-state index contributed by atoms with van der Waals surface area (Å²) >= 11 is 0. The third-order valence-corrected chi connectivity index (χ3v) is 3.16. The van der Waals surface area contributed by atoms with E-state index in [0.717, 1.165) is 10.6 Å². The van der Waals surface area contributed by atoms with Crippen LogP contribution in [0.5, 0.6) is 0 Å². The molecule has 0 saturated carbocycles. The summed E-state index contributed by atoms with van der Waals surface area (Å²) in [6.45, 7) is 3.25. The Hall–Kier alpha value is -2.44. The number of aryl methyl sites for hydroxylation is 2. The molecule has 1 aromatic heterocycles. The fraction of sp³-hybridized carbons (Fsp3) is 0.286. The Kier molecular flexibility index (Phi) is 3.93. The second-order valence-electron chi connectivity index (χ2n) is 4.47. The molecule has 0 amide bonds. The van der Waals surface area contributed by atoms with Gasteiger partial charge in [-0.15, -0.1) is 0 Å². The van der Waals surface area contributed by atoms with Gasteiger partial charge in [-0.05, 0) is 18.6 Å². The first kappa shape index (κ1) is 15.0. The molecule has 2 aromatic rings. The Morgan fingerprint density at radius 2 is 2.10 bits per heavy atom. The van der Waals surface area contributed by atoms with Crippen molar-refractivity contribution in [1.82, 2.24) is 9.55 Å². The molecule has 112 valence electrons. The van der Waals surface area contributed by atoms with Gasteiger partial charge < -0.3 is 10.5 Å². The van der Waals surface area contributed by atoms with Crippen molar-refractivity contribution < 1.29 is 18.3 Å². The highest BCUT2D eigenvalue weighted by atomic mass is 19.1. The maximum absolute atomic E-state index is 14.3. The molecule has 0 atom stereocenters. The number of hydrogen-bond donors (Lipinski definition) is 1. The van der Waals surface area contributed by atoms with E-state index in [1.54, 1.807) is 6.92 Å². The van der Waals surface area contributed by atoms with Gasteiger partial charge in [0.15, 0.2) is 11.5 Å². The number of imidazole rings is 1. The second-order valence-corrected chi connectivity index (χ2v) is 4.47. The summed E-state index contributed by atoms with van der Waals surface area (Å²) in [5.74, 6) is -2.16. The van der Waals surface area contributed by atoms with Gasteiger partial charge in [0.05, 0.1) is 7.11 Å². The molecule has 7 heteroatoms. The lowest BCUT2D eigenvalue weighted by molar-refractivity contribution is 0.0595. The summed E-state index contributed by atoms with van der Waals surface area (Å²) in [5, 5.41) is 0. The SMILES string of the molecule is CCc1nc(C(=O)OC)c(N)n1-c1c(F)ccc(C)c1F. The molecule has 2 rings (SSSR count). The van der Waals surface area contributed by atoms with Crippen LogP contribution in [0.15, 0.2) is 12.1 Å². The maximum Gasteiger partial charge on any atom is 0.360 e. The zero-order chi connectivity index (χ0) is 15.7. The zero-order valence-electron chi connectivity index (χ0n) is 11.9. The molecule has 1 heterocycles. The lowest BCUT2D eigenvalue weighted by Gasteiger charge is -2.12. The van der Waals surface area contributed by atoms with Crippen molar-refractivity contribution in [3.05, 3.63) is 40.8 Å². The average molecular weight is 295 g/mol. The summed E-state index contributed by atoms with van der Waals surface area (Å²) in [4.78, 5) is 15.6. The number of carbonyl (C=O) groups is 1. The number of nitrogens with zero attached hydrogens (tertiary/aromatic N) is 2. The molecule has 0 saturated heterocycles. The van der Waals surface area contributed by atoms with E-state index < -0.39 is 17.6 Å². The fourth-order valence-electron chi connectivity index (χ4n) is 2.06. The molecule has 0 aliphatic rings. The van der Waals surface area contributed by atoms with Crippen molar-refractivity contribution in [3.8, 4) is 5.69 Å². The van der Waals surface area contributed by atoms with Gasteiger partial charge in [-0.25, -0.2) is 18.6 Å². The van der Waals surface area contributed by atoms with Crippen molar-refractivity contribution in [2.45, 2.75) is 20.3 Å². The van der Waals surface area contributed by atoms with Crippen molar-refractivity contribution in [2.75, 3.05) is 12.8 Å². The number of rotatable bonds is 3. The van der Waals surface area contributed by atoms with Gasteiger partial charge in [-0.2, -0.15) is 0 Å². The number of nitrogens with two attached hydrogens (primary N) is 1. The summed E-state index contributed by atoms with van der Waals surface area (Å²) in [6, 6.07) is 2.47. The number of esters is 1. The van der Waals surface area contributed by atoms with E-state index in [9.17, 15) is 13.6 Å². The van der Waals surface area contributed by atoms with Crippen LogP contribution in [0.25, 0.3) is 5.69 Å². The largest absolute Gasteiger partial charge is 0.464 e. The number of aromatic nitrogens is 2. The first-order valence-electron chi connectivity index (χ1n) is 6.32. The number of benzene rings is 1. The highest BCUT2D eigenvalue weighted by molar-refractivity contribution is 5.92. The van der Waals surface area contributed by atoms with Crippen LogP contribution in [-0.2, 0) is 11.2 Å². The first-order valence-corrected chi connectivity index (χ1v) is 6.32. The third kappa shape index (κ3) is 2.35. The molecule has 0 radical (unpaired) electrons. The lowest BCUT2D eigenvalue weighted by Crippen LogP contribution is -2.11. The Morgan fingerprint density at radius 3 is 2.67 bits per heavy atom. The van der Waals surface area contributed by atoms with Gasteiger partial charge in [0, 0.05) is 6.42 Å². The van der Waals surface area contributed by atoms with Crippen LogP contribution in [0.2, 0.25) is 0 Å². The Balaban J connectivity index is 2.78. The van der Waals surface area contributed by atoms with Crippen LogP contribution in [0.4, 0.5) is 14.6 Å². The Labute approximate surface area is 120 Å². The van der Waals surface area contributed by atoms with E-state index in [-0.39, 0.29) is 28.6 Å². The predicted molar refractivity (Wildman–Crippen MR) is 73.3 cm³/mol. The molecular weight excluding hydrogens is 280 g/mol. The molecular formula is C14H15F2N3O2. The van der Waals surface area contributed by atoms with Crippen molar-refractivity contribution in [3.63, 3.8) is 0 Å². The van der Waals surface area contributed by atoms with E-state index in [1.807, 2.05) is 0 Å². The minimum Gasteiger partial charge on any atom is -0.464 e. The number of hydrogen-bond acceptors (Lipinski definition) is 4. The fourth-order valence-corrected chi connectivity index (χ4v) is 2.06. The molecule has 0 aliphatic heterocycles. The first-order chi connectivity index (χ1) is 9.92. The van der Waals surface area contributed by atoms with Crippen LogP contribution < -0.4 is 5.73 Å². The highest BCUT2D eigenvalue weighted by Crippen LogP contribution is 2.27. The summed E-state index contributed by atoms with van der Waals surface area (Å²) < 4.78 is 34.0. The Bertz CT molecular complexity index is 711. The summed E-state index contributed by atoms with van der Waals surface area (Å²) in [7, 11) is 1.18. The number of halogens is 2. The maximum atomic E-state index is 14.3. The molecule has 1 aromatic carbocycles. The average Bonchev–Trinajstić information content (AvgIpc) is 2.80. The van der Waals surface area contributed by atoms with E-state index in [4.69, 9.17) is 5.73 Å². The van der Waals surface area contributed by atoms with Crippen LogP contribution in [-0.4, -0.2) is 22.6 Å². The monoisotopic (exact) mass is 295 g/mol. The molecule has 0 unspecified atom stereocenters. The highest BCUT2D eigenvalue weighted by Gasteiger charge is 2.25. The van der Waals surface area contributed by atoms with E-state index in [0.29, 0.717) is 6.42 Å². The number of methoxy groups -OCH3 is 1. The van der Waals surface area contributed by atoms with Crippen LogP contribution in [0.3, 0.4) is 0 Å². The number of carbonyl (C=O) groups excluding carboxylic acids is 1. The normalized spacial score (nSPS) is 10.7.